The first-order valence-corrected chi connectivity index (χ1v) is 8.26. The minimum atomic E-state index is 0.502. The van der Waals surface area contributed by atoms with E-state index in [9.17, 15) is 0 Å². The Balaban J connectivity index is 1.87. The number of rotatable bonds is 4. The maximum atomic E-state index is 3.76. The Bertz CT molecular complexity index is 531. The van der Waals surface area contributed by atoms with Crippen LogP contribution < -0.4 is 5.32 Å². The second kappa shape index (κ2) is 5.21. The van der Waals surface area contributed by atoms with E-state index in [4.69, 9.17) is 0 Å². The molecule has 1 aliphatic rings. The van der Waals surface area contributed by atoms with Gasteiger partial charge in [-0.2, -0.15) is 0 Å². The smallest absolute Gasteiger partial charge is 0.0634 e. The van der Waals surface area contributed by atoms with Gasteiger partial charge in [-0.25, -0.2) is 0 Å². The molecule has 0 spiro atoms. The van der Waals surface area contributed by atoms with Crippen LogP contribution >= 0.6 is 33.9 Å². The number of halogens is 1. The topological polar surface area (TPSA) is 12.0 Å². The van der Waals surface area contributed by atoms with Crippen molar-refractivity contribution in [3.05, 3.63) is 49.7 Å². The number of anilines is 1. The maximum absolute atomic E-state index is 3.76. The van der Waals surface area contributed by atoms with Crippen molar-refractivity contribution in [1.82, 2.24) is 0 Å². The van der Waals surface area contributed by atoms with Crippen LogP contribution in [-0.4, -0.2) is 0 Å². The Morgan fingerprint density at radius 2 is 2.11 bits per heavy atom. The van der Waals surface area contributed by atoms with Crippen molar-refractivity contribution in [3.63, 3.8) is 0 Å². The molecule has 3 rings (SSSR count). The average molecular weight is 369 g/mol. The molecular formula is C15H16INS. The van der Waals surface area contributed by atoms with Gasteiger partial charge in [-0.3, -0.25) is 0 Å². The van der Waals surface area contributed by atoms with Crippen molar-refractivity contribution in [2.24, 2.45) is 5.92 Å². The summed E-state index contributed by atoms with van der Waals surface area (Å²) in [6, 6.07) is 11.4. The van der Waals surface area contributed by atoms with Crippen molar-refractivity contribution in [3.8, 4) is 0 Å². The zero-order valence-corrected chi connectivity index (χ0v) is 13.3. The summed E-state index contributed by atoms with van der Waals surface area (Å²) in [6.45, 7) is 2.20. The van der Waals surface area contributed by atoms with Crippen molar-refractivity contribution < 1.29 is 0 Å². The van der Waals surface area contributed by atoms with Crippen LogP contribution in [-0.2, 0) is 0 Å². The summed E-state index contributed by atoms with van der Waals surface area (Å²) in [5, 5.41) is 5.93. The zero-order valence-electron chi connectivity index (χ0n) is 10.3. The van der Waals surface area contributed by atoms with E-state index in [1.807, 2.05) is 11.3 Å². The van der Waals surface area contributed by atoms with Crippen LogP contribution in [0.1, 0.15) is 29.3 Å². The highest BCUT2D eigenvalue weighted by molar-refractivity contribution is 14.1. The first kappa shape index (κ1) is 12.5. The Morgan fingerprint density at radius 1 is 1.28 bits per heavy atom. The molecule has 0 aliphatic heterocycles. The van der Waals surface area contributed by atoms with E-state index in [0.717, 1.165) is 5.92 Å². The fourth-order valence-electron chi connectivity index (χ4n) is 2.25. The van der Waals surface area contributed by atoms with Crippen LogP contribution in [0, 0.1) is 16.4 Å². The molecule has 1 atom stereocenters. The monoisotopic (exact) mass is 369 g/mol. The molecule has 3 heteroatoms. The minimum Gasteiger partial charge on any atom is -0.377 e. The van der Waals surface area contributed by atoms with E-state index in [2.05, 4.69) is 70.5 Å². The van der Waals surface area contributed by atoms with E-state index in [1.54, 1.807) is 0 Å². The van der Waals surface area contributed by atoms with Crippen LogP contribution in [0.15, 0.2) is 35.7 Å². The van der Waals surface area contributed by atoms with Gasteiger partial charge in [0.2, 0.25) is 0 Å². The number of benzene rings is 1. The lowest BCUT2D eigenvalue weighted by molar-refractivity contribution is 0.690. The van der Waals surface area contributed by atoms with Gasteiger partial charge in [0.1, 0.15) is 0 Å². The van der Waals surface area contributed by atoms with Gasteiger partial charge in [-0.1, -0.05) is 12.1 Å². The lowest BCUT2D eigenvalue weighted by Crippen LogP contribution is -2.12. The molecule has 1 heterocycles. The van der Waals surface area contributed by atoms with E-state index >= 15 is 0 Å². The fourth-order valence-corrected chi connectivity index (χ4v) is 3.62. The molecule has 1 aliphatic carbocycles. The summed E-state index contributed by atoms with van der Waals surface area (Å²) in [4.78, 5) is 1.47. The molecule has 1 fully saturated rings. The third kappa shape index (κ3) is 2.57. The van der Waals surface area contributed by atoms with Crippen molar-refractivity contribution in [2.75, 3.05) is 5.32 Å². The van der Waals surface area contributed by atoms with Crippen LogP contribution in [0.5, 0.6) is 0 Å². The quantitative estimate of drug-likeness (QED) is 0.729. The molecule has 0 radical (unpaired) electrons. The van der Waals surface area contributed by atoms with Gasteiger partial charge in [-0.05, 0) is 77.4 Å². The molecule has 18 heavy (non-hydrogen) atoms. The first-order chi connectivity index (χ1) is 8.75. The summed E-state index contributed by atoms with van der Waals surface area (Å²) in [5.74, 6) is 0.820. The average Bonchev–Trinajstić information content (AvgIpc) is 3.06. The number of hydrogen-bond donors (Lipinski definition) is 1. The Kier molecular flexibility index (Phi) is 3.61. The van der Waals surface area contributed by atoms with Gasteiger partial charge in [0.15, 0.2) is 0 Å². The highest BCUT2D eigenvalue weighted by Gasteiger charge is 2.33. The summed E-state index contributed by atoms with van der Waals surface area (Å²) < 4.78 is 1.33. The standard InChI is InChI=1S/C15H16INS/c1-10-12(16)4-2-5-13(10)17-15(11-7-8-11)14-6-3-9-18-14/h2-6,9,11,15,17H,7-8H2,1H3. The Morgan fingerprint density at radius 3 is 2.78 bits per heavy atom. The van der Waals surface area contributed by atoms with Gasteiger partial charge in [0.05, 0.1) is 6.04 Å². The molecule has 0 bridgehead atoms. The third-order valence-electron chi connectivity index (χ3n) is 3.52. The zero-order chi connectivity index (χ0) is 12.5. The molecule has 1 aromatic heterocycles. The predicted molar refractivity (Wildman–Crippen MR) is 87.3 cm³/mol. The van der Waals surface area contributed by atoms with Crippen molar-refractivity contribution in [1.29, 1.82) is 0 Å². The van der Waals surface area contributed by atoms with Crippen LogP contribution in [0.3, 0.4) is 0 Å². The van der Waals surface area contributed by atoms with Crippen LogP contribution in [0.25, 0.3) is 0 Å². The number of thiophene rings is 1. The van der Waals surface area contributed by atoms with E-state index < -0.39 is 0 Å². The van der Waals surface area contributed by atoms with E-state index in [0.29, 0.717) is 6.04 Å². The molecular weight excluding hydrogens is 353 g/mol. The number of nitrogens with one attached hydrogen (secondary N) is 1. The molecule has 1 aromatic carbocycles. The van der Waals surface area contributed by atoms with Gasteiger partial charge in [-0.15, -0.1) is 11.3 Å². The van der Waals surface area contributed by atoms with Crippen molar-refractivity contribution in [2.45, 2.75) is 25.8 Å². The van der Waals surface area contributed by atoms with Gasteiger partial charge in [0, 0.05) is 14.1 Å². The molecule has 0 saturated heterocycles. The minimum absolute atomic E-state index is 0.502. The normalized spacial score (nSPS) is 16.6. The lowest BCUT2D eigenvalue weighted by Gasteiger charge is -2.20. The first-order valence-electron chi connectivity index (χ1n) is 6.31. The molecule has 0 amide bonds. The molecule has 94 valence electrons. The fraction of sp³-hybridized carbons (Fsp3) is 0.333. The second-order valence-corrected chi connectivity index (χ2v) is 7.03. The second-order valence-electron chi connectivity index (χ2n) is 4.89. The molecule has 1 saturated carbocycles. The molecule has 2 aromatic rings. The Labute approximate surface area is 126 Å². The largest absolute Gasteiger partial charge is 0.377 e. The van der Waals surface area contributed by atoms with E-state index in [1.165, 1.54) is 32.5 Å². The van der Waals surface area contributed by atoms with Crippen molar-refractivity contribution >= 4 is 39.6 Å². The molecule has 1 N–H and O–H groups in total. The number of hydrogen-bond acceptors (Lipinski definition) is 2. The summed E-state index contributed by atoms with van der Waals surface area (Å²) in [6.07, 6.45) is 2.72. The van der Waals surface area contributed by atoms with Crippen LogP contribution in [0.2, 0.25) is 0 Å². The Hall–Kier alpha value is -0.550. The van der Waals surface area contributed by atoms with Gasteiger partial charge >= 0.3 is 0 Å². The predicted octanol–water partition coefficient (Wildman–Crippen LogP) is 5.22. The SMILES string of the molecule is Cc1c(I)cccc1NC(c1cccs1)C1CC1. The molecule has 1 nitrogen and oxygen atoms in total. The third-order valence-corrected chi connectivity index (χ3v) is 5.65. The summed E-state index contributed by atoms with van der Waals surface area (Å²) in [7, 11) is 0. The highest BCUT2D eigenvalue weighted by atomic mass is 127. The molecule has 1 unspecified atom stereocenters. The highest BCUT2D eigenvalue weighted by Crippen LogP contribution is 2.44. The summed E-state index contributed by atoms with van der Waals surface area (Å²) in [5.41, 5.74) is 2.65. The van der Waals surface area contributed by atoms with E-state index in [-0.39, 0.29) is 0 Å². The van der Waals surface area contributed by atoms with Crippen LogP contribution in [0.4, 0.5) is 5.69 Å². The lowest BCUT2D eigenvalue weighted by atomic mass is 10.1. The maximum Gasteiger partial charge on any atom is 0.0634 e. The van der Waals surface area contributed by atoms with Gasteiger partial charge < -0.3 is 5.32 Å². The van der Waals surface area contributed by atoms with Gasteiger partial charge in [0.25, 0.3) is 0 Å². The summed E-state index contributed by atoms with van der Waals surface area (Å²) >= 11 is 4.27.